The van der Waals surface area contributed by atoms with E-state index in [0.29, 0.717) is 11.7 Å². The van der Waals surface area contributed by atoms with Crippen molar-refractivity contribution in [3.8, 4) is 5.75 Å². The zero-order valence-corrected chi connectivity index (χ0v) is 11.0. The molecule has 0 fully saturated rings. The zero-order valence-electron chi connectivity index (χ0n) is 11.0. The largest absolute Gasteiger partial charge is 0.508 e. The van der Waals surface area contributed by atoms with Crippen molar-refractivity contribution in [3.63, 3.8) is 0 Å². The van der Waals surface area contributed by atoms with Gasteiger partial charge in [0.05, 0.1) is 7.11 Å². The van der Waals surface area contributed by atoms with Gasteiger partial charge in [-0.1, -0.05) is 12.1 Å². The monoisotopic (exact) mass is 285 g/mol. The molecule has 0 unspecified atom stereocenters. The highest BCUT2D eigenvalue weighted by atomic mass is 16.5. The van der Waals surface area contributed by atoms with Gasteiger partial charge in [-0.15, -0.1) is 0 Å². The predicted molar refractivity (Wildman–Crippen MR) is 72.0 cm³/mol. The molecule has 1 aromatic rings. The number of nitrogens with one attached hydrogen (secondary N) is 1. The predicted octanol–water partition coefficient (Wildman–Crippen LogP) is -1.03. The molecule has 0 aliphatic carbocycles. The number of hydrogen-bond acceptors (Lipinski definition) is 7. The summed E-state index contributed by atoms with van der Waals surface area (Å²) in [6.07, 6.45) is 0.611. The van der Waals surface area contributed by atoms with Crippen molar-refractivity contribution in [2.75, 3.05) is 7.11 Å². The maximum Gasteiger partial charge on any atom is 0.488 e. The summed E-state index contributed by atoms with van der Waals surface area (Å²) in [5, 5.41) is 39.7. The topological polar surface area (TPSA) is 148 Å². The van der Waals surface area contributed by atoms with Crippen LogP contribution in [0, 0.1) is 5.41 Å². The summed E-state index contributed by atoms with van der Waals surface area (Å²) in [4.78, 5) is 18.7. The lowest BCUT2D eigenvalue weighted by molar-refractivity contribution is -0.134. The first-order valence-electron chi connectivity index (χ1n) is 5.17. The average molecular weight is 285 g/mol. The van der Waals surface area contributed by atoms with Gasteiger partial charge < -0.3 is 30.4 Å². The number of hydrogen-bond donors (Lipinski definition) is 5. The van der Waals surface area contributed by atoms with Crippen LogP contribution in [0.3, 0.4) is 0 Å². The van der Waals surface area contributed by atoms with Gasteiger partial charge >= 0.3 is 13.1 Å². The molecule has 1 rings (SSSR count). The van der Waals surface area contributed by atoms with Gasteiger partial charge in [0.25, 0.3) is 5.97 Å². The highest BCUT2D eigenvalue weighted by Gasteiger charge is 2.09. The van der Waals surface area contributed by atoms with Gasteiger partial charge in [-0.25, -0.2) is 4.79 Å². The van der Waals surface area contributed by atoms with Crippen LogP contribution in [0.5, 0.6) is 5.75 Å². The highest BCUT2D eigenvalue weighted by Crippen LogP contribution is 2.02. The van der Waals surface area contributed by atoms with E-state index < -0.39 is 19.1 Å². The van der Waals surface area contributed by atoms with Crippen molar-refractivity contribution in [1.82, 2.24) is 0 Å². The van der Waals surface area contributed by atoms with E-state index in [4.69, 9.17) is 30.5 Å². The molecule has 0 atom stereocenters. The molecule has 0 aliphatic rings. The number of carboxylic acid groups (broad SMARTS) is 1. The standard InChI is InChI=1S/C6H7BO3.C3H5NO2.C2H4O2/c8-6-3-1-2-5(4-6)7(9)10;1-6-3(5)2-4;1-2(3)4/h1-4,8-10H;2,4H,1H3;1H3,(H,3,4). The zero-order chi connectivity index (χ0) is 16.1. The minimum absolute atomic E-state index is 0.0330. The lowest BCUT2D eigenvalue weighted by Gasteiger charge is -1.97. The number of methoxy groups -OCH3 is 1. The van der Waals surface area contributed by atoms with E-state index in [1.165, 1.54) is 25.3 Å². The van der Waals surface area contributed by atoms with Crippen molar-refractivity contribution in [3.05, 3.63) is 24.3 Å². The highest BCUT2D eigenvalue weighted by molar-refractivity contribution is 6.58. The molecule has 0 amide bonds. The summed E-state index contributed by atoms with van der Waals surface area (Å²) in [5.74, 6) is -1.42. The molecule has 5 N–H and O–H groups in total. The third-order valence-electron chi connectivity index (χ3n) is 1.49. The van der Waals surface area contributed by atoms with E-state index in [1.54, 1.807) is 6.07 Å². The molecule has 9 heteroatoms. The molecular formula is C11H16BNO7. The van der Waals surface area contributed by atoms with Crippen molar-refractivity contribution < 1.29 is 34.6 Å². The van der Waals surface area contributed by atoms with Crippen LogP contribution >= 0.6 is 0 Å². The number of rotatable bonds is 2. The minimum Gasteiger partial charge on any atom is -0.508 e. The number of carbonyl (C=O) groups is 2. The Bertz CT molecular complexity index is 433. The fourth-order valence-electron chi connectivity index (χ4n) is 0.744. The van der Waals surface area contributed by atoms with Crippen LogP contribution < -0.4 is 5.46 Å². The summed E-state index contributed by atoms with van der Waals surface area (Å²) in [6.45, 7) is 1.08. The first-order chi connectivity index (χ1) is 9.24. The summed E-state index contributed by atoms with van der Waals surface area (Å²) in [7, 11) is -0.278. The quantitative estimate of drug-likeness (QED) is 0.265. The molecule has 0 spiro atoms. The molecular weight excluding hydrogens is 269 g/mol. The lowest BCUT2D eigenvalue weighted by Crippen LogP contribution is -2.29. The maximum atomic E-state index is 9.72. The van der Waals surface area contributed by atoms with Crippen molar-refractivity contribution >= 4 is 30.7 Å². The number of phenolic OH excluding ortho intramolecular Hbond substituents is 1. The van der Waals surface area contributed by atoms with Crippen LogP contribution in [-0.4, -0.2) is 52.6 Å². The first kappa shape index (κ1) is 19.9. The van der Waals surface area contributed by atoms with Gasteiger partial charge in [-0.3, -0.25) is 4.79 Å². The Balaban J connectivity index is 0. The number of carbonyl (C=O) groups excluding carboxylic acids is 1. The van der Waals surface area contributed by atoms with Crippen LogP contribution in [0.1, 0.15) is 6.92 Å². The smallest absolute Gasteiger partial charge is 0.488 e. The molecule has 0 radical (unpaired) electrons. The number of esters is 1. The lowest BCUT2D eigenvalue weighted by atomic mass is 9.80. The third-order valence-corrected chi connectivity index (χ3v) is 1.49. The van der Waals surface area contributed by atoms with Crippen LogP contribution in [0.15, 0.2) is 24.3 Å². The van der Waals surface area contributed by atoms with Crippen molar-refractivity contribution in [2.45, 2.75) is 6.92 Å². The van der Waals surface area contributed by atoms with Crippen molar-refractivity contribution in [1.29, 1.82) is 5.41 Å². The molecule has 0 saturated carbocycles. The third kappa shape index (κ3) is 13.7. The Morgan fingerprint density at radius 1 is 1.35 bits per heavy atom. The van der Waals surface area contributed by atoms with Gasteiger partial charge in [-0.2, -0.15) is 0 Å². The maximum absolute atomic E-state index is 9.72. The fraction of sp³-hybridized carbons (Fsp3) is 0.182. The van der Waals surface area contributed by atoms with Crippen LogP contribution in [0.4, 0.5) is 0 Å². The number of phenols is 1. The molecule has 0 saturated heterocycles. The Hall–Kier alpha value is -2.39. The number of benzene rings is 1. The second-order valence-corrected chi connectivity index (χ2v) is 3.16. The van der Waals surface area contributed by atoms with Gasteiger partial charge in [-0.05, 0) is 17.6 Å². The Labute approximate surface area is 115 Å². The normalized spacial score (nSPS) is 8.00. The summed E-state index contributed by atoms with van der Waals surface area (Å²) in [6, 6.07) is 5.82. The number of ether oxygens (including phenoxy) is 1. The average Bonchev–Trinajstić information content (AvgIpc) is 2.37. The Kier molecular flexibility index (Phi) is 11.7. The second-order valence-electron chi connectivity index (χ2n) is 3.16. The molecule has 8 nitrogen and oxygen atoms in total. The fourth-order valence-corrected chi connectivity index (χ4v) is 0.744. The molecule has 20 heavy (non-hydrogen) atoms. The number of aliphatic carboxylic acids is 1. The molecule has 0 aliphatic heterocycles. The SMILES string of the molecule is CC(=O)O.COC(=O)C=N.OB(O)c1cccc(O)c1. The van der Waals surface area contributed by atoms with Gasteiger partial charge in [0, 0.05) is 6.92 Å². The Morgan fingerprint density at radius 2 is 1.85 bits per heavy atom. The summed E-state index contributed by atoms with van der Waals surface area (Å²) < 4.78 is 4.02. The molecule has 0 heterocycles. The van der Waals surface area contributed by atoms with Gasteiger partial charge in [0.1, 0.15) is 12.0 Å². The molecule has 0 bridgehead atoms. The second kappa shape index (κ2) is 11.7. The molecule has 1 aromatic carbocycles. The van der Waals surface area contributed by atoms with E-state index in [1.807, 2.05) is 0 Å². The first-order valence-corrected chi connectivity index (χ1v) is 5.17. The van der Waals surface area contributed by atoms with Gasteiger partial charge in [0.2, 0.25) is 0 Å². The number of carboxylic acids is 1. The number of aromatic hydroxyl groups is 1. The van der Waals surface area contributed by atoms with Crippen LogP contribution in [0.2, 0.25) is 0 Å². The van der Waals surface area contributed by atoms with Crippen LogP contribution in [0.25, 0.3) is 0 Å². The minimum atomic E-state index is -1.51. The molecule has 110 valence electrons. The van der Waals surface area contributed by atoms with E-state index in [9.17, 15) is 4.79 Å². The van der Waals surface area contributed by atoms with Crippen molar-refractivity contribution in [2.24, 2.45) is 0 Å². The molecule has 0 aromatic heterocycles. The summed E-state index contributed by atoms with van der Waals surface area (Å²) in [5.41, 5.74) is 0.292. The summed E-state index contributed by atoms with van der Waals surface area (Å²) >= 11 is 0. The van der Waals surface area contributed by atoms with E-state index in [2.05, 4.69) is 4.74 Å². The van der Waals surface area contributed by atoms with E-state index >= 15 is 0 Å². The van der Waals surface area contributed by atoms with Gasteiger partial charge in [0.15, 0.2) is 0 Å². The van der Waals surface area contributed by atoms with Crippen LogP contribution in [-0.2, 0) is 14.3 Å². The van der Waals surface area contributed by atoms with E-state index in [-0.39, 0.29) is 5.75 Å². The van der Waals surface area contributed by atoms with E-state index in [0.717, 1.165) is 6.92 Å². The Morgan fingerprint density at radius 3 is 2.05 bits per heavy atom.